The second kappa shape index (κ2) is 7.89. The van der Waals surface area contributed by atoms with Gasteiger partial charge in [-0.1, -0.05) is 42.1 Å². The number of para-hydroxylation sites is 1. The van der Waals surface area contributed by atoms with E-state index in [-0.39, 0.29) is 11.2 Å². The number of nitrogens with one attached hydrogen (secondary N) is 2. The fourth-order valence-electron chi connectivity index (χ4n) is 3.78. The minimum Gasteiger partial charge on any atom is -0.360 e. The highest BCUT2D eigenvalue weighted by Crippen LogP contribution is 2.42. The first kappa shape index (κ1) is 19.9. The predicted octanol–water partition coefficient (Wildman–Crippen LogP) is 5.50. The van der Waals surface area contributed by atoms with Crippen molar-refractivity contribution in [1.82, 2.24) is 19.7 Å². The van der Waals surface area contributed by atoms with E-state index in [0.717, 1.165) is 57.1 Å². The number of benzene rings is 2. The highest BCUT2D eigenvalue weighted by molar-refractivity contribution is 8.00. The van der Waals surface area contributed by atoms with Crippen molar-refractivity contribution >= 4 is 34.3 Å². The van der Waals surface area contributed by atoms with E-state index in [2.05, 4.69) is 37.2 Å². The van der Waals surface area contributed by atoms with E-state index in [9.17, 15) is 4.79 Å². The lowest BCUT2D eigenvalue weighted by molar-refractivity contribution is -0.115. The Kier molecular flexibility index (Phi) is 5.06. The van der Waals surface area contributed by atoms with Gasteiger partial charge in [0.25, 0.3) is 0 Å². The third-order valence-corrected chi connectivity index (χ3v) is 6.77. The van der Waals surface area contributed by atoms with E-state index >= 15 is 0 Å². The zero-order valence-electron chi connectivity index (χ0n) is 17.8. The standard InChI is InChI=1S/C24H25N5OS/c1-14-8-9-15(2)21(12-14)26-23(30)16(3)31-24-28-27-22(29(24)17-10-11-17)19-13-25-20-7-5-4-6-18(19)20/h4-9,12-13,16-17,25H,10-11H2,1-3H3,(H,26,30). The fraction of sp³-hybridized carbons (Fsp3) is 0.292. The number of H-pyrrole nitrogens is 1. The first-order chi connectivity index (χ1) is 15.0. The molecule has 31 heavy (non-hydrogen) atoms. The van der Waals surface area contributed by atoms with E-state index < -0.39 is 0 Å². The molecular formula is C24H25N5OS. The summed E-state index contributed by atoms with van der Waals surface area (Å²) in [4.78, 5) is 16.2. The smallest absolute Gasteiger partial charge is 0.237 e. The third-order valence-electron chi connectivity index (χ3n) is 5.71. The van der Waals surface area contributed by atoms with Gasteiger partial charge in [-0.25, -0.2) is 0 Å². The molecule has 0 spiro atoms. The van der Waals surface area contributed by atoms with Crippen LogP contribution in [-0.2, 0) is 4.79 Å². The van der Waals surface area contributed by atoms with Gasteiger partial charge in [-0.3, -0.25) is 9.36 Å². The summed E-state index contributed by atoms with van der Waals surface area (Å²) in [5.41, 5.74) is 5.17. The van der Waals surface area contributed by atoms with Crippen molar-refractivity contribution in [2.75, 3.05) is 5.32 Å². The number of carbonyl (C=O) groups excluding carboxylic acids is 1. The van der Waals surface area contributed by atoms with Crippen LogP contribution in [0.2, 0.25) is 0 Å². The Morgan fingerprint density at radius 1 is 1.19 bits per heavy atom. The van der Waals surface area contributed by atoms with Crippen LogP contribution in [0.15, 0.2) is 53.8 Å². The molecule has 2 heterocycles. The van der Waals surface area contributed by atoms with Crippen LogP contribution in [0.5, 0.6) is 0 Å². The van der Waals surface area contributed by atoms with Crippen molar-refractivity contribution in [1.29, 1.82) is 0 Å². The van der Waals surface area contributed by atoms with Crippen molar-refractivity contribution in [3.05, 3.63) is 59.8 Å². The number of anilines is 1. The van der Waals surface area contributed by atoms with E-state index in [4.69, 9.17) is 0 Å². The number of thioether (sulfide) groups is 1. The highest BCUT2D eigenvalue weighted by Gasteiger charge is 2.32. The quantitative estimate of drug-likeness (QED) is 0.395. The van der Waals surface area contributed by atoms with Gasteiger partial charge < -0.3 is 10.3 Å². The normalized spacial score (nSPS) is 14.7. The van der Waals surface area contributed by atoms with Crippen LogP contribution < -0.4 is 5.32 Å². The zero-order valence-corrected chi connectivity index (χ0v) is 18.7. The molecule has 1 aliphatic carbocycles. The van der Waals surface area contributed by atoms with Crippen LogP contribution in [-0.4, -0.2) is 30.9 Å². The Balaban J connectivity index is 1.41. The first-order valence-corrected chi connectivity index (χ1v) is 11.5. The Morgan fingerprint density at radius 3 is 2.81 bits per heavy atom. The Hall–Kier alpha value is -3.06. The molecule has 0 radical (unpaired) electrons. The van der Waals surface area contributed by atoms with Crippen LogP contribution in [0, 0.1) is 13.8 Å². The SMILES string of the molecule is Cc1ccc(C)c(NC(=O)C(C)Sc2nnc(-c3c[nH]c4ccccc34)n2C2CC2)c1. The summed E-state index contributed by atoms with van der Waals surface area (Å²) in [5, 5.41) is 13.7. The molecule has 2 aromatic heterocycles. The molecule has 4 aromatic rings. The lowest BCUT2D eigenvalue weighted by Crippen LogP contribution is -2.23. The molecule has 1 atom stereocenters. The van der Waals surface area contributed by atoms with E-state index in [1.54, 1.807) is 0 Å². The molecule has 1 amide bonds. The molecule has 0 bridgehead atoms. The Labute approximate surface area is 185 Å². The summed E-state index contributed by atoms with van der Waals surface area (Å²) in [6.45, 7) is 5.95. The minimum absolute atomic E-state index is 0.0299. The van der Waals surface area contributed by atoms with Gasteiger partial charge in [-0.2, -0.15) is 0 Å². The monoisotopic (exact) mass is 431 g/mol. The molecule has 6 nitrogen and oxygen atoms in total. The van der Waals surface area contributed by atoms with Crippen LogP contribution in [0.3, 0.4) is 0 Å². The van der Waals surface area contributed by atoms with Gasteiger partial charge in [0.05, 0.1) is 5.25 Å². The van der Waals surface area contributed by atoms with Gasteiger partial charge in [0, 0.05) is 34.4 Å². The van der Waals surface area contributed by atoms with Crippen LogP contribution in [0.25, 0.3) is 22.3 Å². The summed E-state index contributed by atoms with van der Waals surface area (Å²) in [5.74, 6) is 0.835. The molecule has 0 saturated heterocycles. The van der Waals surface area contributed by atoms with Gasteiger partial charge in [0.1, 0.15) is 0 Å². The summed E-state index contributed by atoms with van der Waals surface area (Å²) in [6, 6.07) is 14.7. The number of fused-ring (bicyclic) bond motifs is 1. The molecule has 5 rings (SSSR count). The number of hydrogen-bond donors (Lipinski definition) is 2. The first-order valence-electron chi connectivity index (χ1n) is 10.6. The number of carbonyl (C=O) groups is 1. The molecule has 2 aromatic carbocycles. The molecule has 7 heteroatoms. The van der Waals surface area contributed by atoms with Gasteiger partial charge >= 0.3 is 0 Å². The lowest BCUT2D eigenvalue weighted by Gasteiger charge is -2.15. The molecule has 1 fully saturated rings. The molecule has 1 unspecified atom stereocenters. The van der Waals surface area contributed by atoms with Crippen LogP contribution >= 0.6 is 11.8 Å². The summed E-state index contributed by atoms with van der Waals surface area (Å²) in [6.07, 6.45) is 4.23. The van der Waals surface area contributed by atoms with Gasteiger partial charge in [-0.05, 0) is 56.9 Å². The largest absolute Gasteiger partial charge is 0.360 e. The second-order valence-corrected chi connectivity index (χ2v) is 9.53. The summed E-state index contributed by atoms with van der Waals surface area (Å²) >= 11 is 1.47. The predicted molar refractivity (Wildman–Crippen MR) is 125 cm³/mol. The number of amides is 1. The topological polar surface area (TPSA) is 75.6 Å². The molecule has 1 aliphatic rings. The van der Waals surface area contributed by atoms with E-state index in [0.29, 0.717) is 6.04 Å². The van der Waals surface area contributed by atoms with Crippen molar-refractivity contribution in [2.24, 2.45) is 0 Å². The minimum atomic E-state index is -0.294. The number of aromatic amines is 1. The maximum Gasteiger partial charge on any atom is 0.237 e. The third kappa shape index (κ3) is 3.85. The van der Waals surface area contributed by atoms with Crippen molar-refractivity contribution in [3.63, 3.8) is 0 Å². The molecule has 158 valence electrons. The Bertz CT molecular complexity index is 1270. The van der Waals surface area contributed by atoms with Crippen LogP contribution in [0.4, 0.5) is 5.69 Å². The maximum atomic E-state index is 12.9. The summed E-state index contributed by atoms with van der Waals surface area (Å²) in [7, 11) is 0. The van der Waals surface area contributed by atoms with Gasteiger partial charge in [0.2, 0.25) is 5.91 Å². The number of hydrogen-bond acceptors (Lipinski definition) is 4. The van der Waals surface area contributed by atoms with Crippen molar-refractivity contribution < 1.29 is 4.79 Å². The number of aryl methyl sites for hydroxylation is 2. The van der Waals surface area contributed by atoms with E-state index in [1.165, 1.54) is 11.8 Å². The van der Waals surface area contributed by atoms with Crippen molar-refractivity contribution in [3.8, 4) is 11.4 Å². The van der Waals surface area contributed by atoms with Gasteiger partial charge in [-0.15, -0.1) is 10.2 Å². The number of aromatic nitrogens is 4. The molecular weight excluding hydrogens is 406 g/mol. The Morgan fingerprint density at radius 2 is 2.00 bits per heavy atom. The molecule has 2 N–H and O–H groups in total. The molecule has 0 aliphatic heterocycles. The molecule has 1 saturated carbocycles. The van der Waals surface area contributed by atoms with E-state index in [1.807, 2.05) is 57.3 Å². The van der Waals surface area contributed by atoms with Crippen LogP contribution in [0.1, 0.15) is 36.9 Å². The lowest BCUT2D eigenvalue weighted by atomic mass is 10.1. The van der Waals surface area contributed by atoms with Gasteiger partial charge in [0.15, 0.2) is 11.0 Å². The average Bonchev–Trinajstić information content (AvgIpc) is 3.38. The number of rotatable bonds is 6. The fourth-order valence-corrected chi connectivity index (χ4v) is 4.70. The average molecular weight is 432 g/mol. The summed E-state index contributed by atoms with van der Waals surface area (Å²) < 4.78 is 2.21. The second-order valence-electron chi connectivity index (χ2n) is 8.22. The maximum absolute atomic E-state index is 12.9. The van der Waals surface area contributed by atoms with Crippen molar-refractivity contribution in [2.45, 2.75) is 50.1 Å². The number of nitrogens with zero attached hydrogens (tertiary/aromatic N) is 3. The highest BCUT2D eigenvalue weighted by atomic mass is 32.2. The zero-order chi connectivity index (χ0) is 21.5.